The van der Waals surface area contributed by atoms with Gasteiger partial charge in [0.25, 0.3) is 0 Å². The van der Waals surface area contributed by atoms with Crippen molar-refractivity contribution >= 4 is 44.0 Å². The molecular weight excluding hydrogens is 481 g/mol. The zero-order chi connectivity index (χ0) is 21.0. The fraction of sp³-hybridized carbons (Fsp3) is 0.933. The average Bonchev–Trinajstić information content (AvgIpc) is 2.58. The van der Waals surface area contributed by atoms with E-state index in [9.17, 15) is 23.4 Å². The molecule has 12 heteroatoms. The zero-order valence-corrected chi connectivity index (χ0v) is 20.6. The Morgan fingerprint density at radius 2 is 1.30 bits per heavy atom. The number of esters is 1. The van der Waals surface area contributed by atoms with E-state index in [2.05, 4.69) is 15.9 Å². The van der Waals surface area contributed by atoms with Gasteiger partial charge in [0, 0.05) is 42.3 Å². The minimum absolute atomic E-state index is 0.00782. The molecule has 0 bridgehead atoms. The van der Waals surface area contributed by atoms with Gasteiger partial charge >= 0.3 is 5.97 Å². The number of carbonyl (C=O) groups is 1. The molecular formula is C15H32BrO8P3. The lowest BCUT2D eigenvalue weighted by Gasteiger charge is -2.23. The minimum atomic E-state index is -3.38. The molecule has 0 saturated carbocycles. The number of halogens is 1. The third-order valence-electron chi connectivity index (χ3n) is 3.70. The standard InChI is InChI=1S/C15H32BrO8P3/c1-4-22-15(17)7-9-26(20,23-5-2)13-14-27(21,24-6-3)12-11-25(18,19)10-8-16/h4-14H2,1-3H3,(H,18,19)/t26-,27?/m0/s1. The SMILES string of the molecule is CCOC(=O)CC[P@@](=O)(CCP(=O)(CCP(=O)(O)CCBr)OCC)OCC. The Hall–Kier alpha value is 0.520. The van der Waals surface area contributed by atoms with Crippen molar-refractivity contribution in [3.8, 4) is 0 Å². The van der Waals surface area contributed by atoms with Gasteiger partial charge in [0.15, 0.2) is 0 Å². The van der Waals surface area contributed by atoms with Crippen molar-refractivity contribution in [2.75, 3.05) is 62.1 Å². The molecule has 0 rings (SSSR count). The quantitative estimate of drug-likeness (QED) is 0.185. The lowest BCUT2D eigenvalue weighted by molar-refractivity contribution is -0.142. The van der Waals surface area contributed by atoms with Crippen molar-refractivity contribution in [3.63, 3.8) is 0 Å². The maximum atomic E-state index is 13.0. The second-order valence-electron chi connectivity index (χ2n) is 5.90. The van der Waals surface area contributed by atoms with E-state index in [1.165, 1.54) is 0 Å². The largest absolute Gasteiger partial charge is 0.466 e. The molecule has 0 spiro atoms. The van der Waals surface area contributed by atoms with Crippen LogP contribution in [0.4, 0.5) is 0 Å². The van der Waals surface area contributed by atoms with Gasteiger partial charge < -0.3 is 18.7 Å². The van der Waals surface area contributed by atoms with Crippen LogP contribution in [0.5, 0.6) is 0 Å². The first kappa shape index (κ1) is 27.5. The molecule has 1 N–H and O–H groups in total. The first-order valence-corrected chi connectivity index (χ1v) is 16.2. The fourth-order valence-electron chi connectivity index (χ4n) is 2.30. The van der Waals surface area contributed by atoms with Gasteiger partial charge in [-0.1, -0.05) is 15.9 Å². The molecule has 8 nitrogen and oxygen atoms in total. The summed E-state index contributed by atoms with van der Waals surface area (Å²) in [5, 5.41) is 0.382. The Bertz CT molecular complexity index is 583. The van der Waals surface area contributed by atoms with E-state index in [0.29, 0.717) is 5.33 Å². The van der Waals surface area contributed by atoms with Crippen LogP contribution in [0, 0.1) is 0 Å². The molecule has 0 aliphatic carbocycles. The summed E-state index contributed by atoms with van der Waals surface area (Å²) >= 11 is 3.13. The Morgan fingerprint density at radius 1 is 0.815 bits per heavy atom. The summed E-state index contributed by atoms with van der Waals surface area (Å²) < 4.78 is 53.6. The minimum Gasteiger partial charge on any atom is -0.466 e. The van der Waals surface area contributed by atoms with Crippen molar-refractivity contribution in [3.05, 3.63) is 0 Å². The van der Waals surface area contributed by atoms with Crippen LogP contribution < -0.4 is 0 Å². The van der Waals surface area contributed by atoms with Gasteiger partial charge in [0.1, 0.15) is 0 Å². The molecule has 0 aromatic rings. The molecule has 0 aromatic carbocycles. The van der Waals surface area contributed by atoms with Gasteiger partial charge in [-0.25, -0.2) is 0 Å². The van der Waals surface area contributed by atoms with Crippen LogP contribution in [-0.2, 0) is 32.3 Å². The number of alkyl halides is 1. The molecule has 0 heterocycles. The summed E-state index contributed by atoms with van der Waals surface area (Å²) in [6, 6.07) is 0. The van der Waals surface area contributed by atoms with Crippen molar-refractivity contribution in [1.82, 2.24) is 0 Å². The molecule has 0 aromatic heterocycles. The normalized spacial score (nSPS) is 18.3. The second-order valence-corrected chi connectivity index (χ2v) is 14.8. The zero-order valence-electron chi connectivity index (χ0n) is 16.3. The molecule has 0 aliphatic rings. The third-order valence-corrected chi connectivity index (χ3v) is 12.3. The van der Waals surface area contributed by atoms with Crippen LogP contribution in [-0.4, -0.2) is 73.0 Å². The second kappa shape index (κ2) is 13.7. The van der Waals surface area contributed by atoms with E-state index < -0.39 is 28.1 Å². The first-order valence-electron chi connectivity index (χ1n) is 9.03. The molecule has 3 atom stereocenters. The molecule has 0 amide bonds. The number of rotatable bonds is 16. The van der Waals surface area contributed by atoms with Gasteiger partial charge in [-0.3, -0.25) is 18.5 Å². The van der Waals surface area contributed by atoms with Crippen LogP contribution >= 0.6 is 38.0 Å². The van der Waals surface area contributed by atoms with Gasteiger partial charge in [-0.2, -0.15) is 0 Å². The molecule has 0 saturated heterocycles. The predicted molar refractivity (Wildman–Crippen MR) is 113 cm³/mol. The number of ether oxygens (including phenoxy) is 1. The van der Waals surface area contributed by atoms with Crippen LogP contribution in [0.2, 0.25) is 0 Å². The fourth-order valence-corrected chi connectivity index (χ4v) is 11.8. The van der Waals surface area contributed by atoms with E-state index in [1.807, 2.05) is 0 Å². The molecule has 0 aliphatic heterocycles. The summed E-state index contributed by atoms with van der Waals surface area (Å²) in [4.78, 5) is 21.4. The van der Waals surface area contributed by atoms with E-state index >= 15 is 0 Å². The van der Waals surface area contributed by atoms with Gasteiger partial charge in [0.05, 0.1) is 26.2 Å². The Kier molecular flexibility index (Phi) is 14.0. The van der Waals surface area contributed by atoms with Crippen LogP contribution in [0.3, 0.4) is 0 Å². The molecule has 2 unspecified atom stereocenters. The van der Waals surface area contributed by atoms with Gasteiger partial charge in [-0.15, -0.1) is 0 Å². The van der Waals surface area contributed by atoms with Crippen LogP contribution in [0.1, 0.15) is 27.2 Å². The van der Waals surface area contributed by atoms with Crippen molar-refractivity contribution in [2.24, 2.45) is 0 Å². The summed E-state index contributed by atoms with van der Waals surface area (Å²) in [5.41, 5.74) is 0. The molecule has 0 fully saturated rings. The summed E-state index contributed by atoms with van der Waals surface area (Å²) in [6.07, 6.45) is -0.130. The predicted octanol–water partition coefficient (Wildman–Crippen LogP) is 4.23. The highest BCUT2D eigenvalue weighted by molar-refractivity contribution is 9.09. The van der Waals surface area contributed by atoms with Gasteiger partial charge in [0.2, 0.25) is 22.1 Å². The van der Waals surface area contributed by atoms with E-state index in [-0.39, 0.29) is 63.2 Å². The van der Waals surface area contributed by atoms with E-state index in [0.717, 1.165) is 0 Å². The highest BCUT2D eigenvalue weighted by atomic mass is 79.9. The van der Waals surface area contributed by atoms with E-state index in [4.69, 9.17) is 13.8 Å². The lowest BCUT2D eigenvalue weighted by Crippen LogP contribution is -2.13. The van der Waals surface area contributed by atoms with E-state index in [1.54, 1.807) is 20.8 Å². The monoisotopic (exact) mass is 512 g/mol. The Morgan fingerprint density at radius 3 is 1.74 bits per heavy atom. The molecule has 0 radical (unpaired) electrons. The Balaban J connectivity index is 4.97. The Labute approximate surface area is 170 Å². The summed E-state index contributed by atoms with van der Waals surface area (Å²) in [6.45, 7) is 5.71. The van der Waals surface area contributed by atoms with Crippen LogP contribution in [0.25, 0.3) is 0 Å². The first-order chi connectivity index (χ1) is 12.6. The van der Waals surface area contributed by atoms with Gasteiger partial charge in [-0.05, 0) is 20.8 Å². The maximum Gasteiger partial charge on any atom is 0.306 e. The molecule has 162 valence electrons. The number of hydrogen-bond donors (Lipinski definition) is 1. The van der Waals surface area contributed by atoms with Crippen molar-refractivity contribution < 1.29 is 37.2 Å². The summed E-state index contributed by atoms with van der Waals surface area (Å²) in [7, 11) is -9.81. The molecule has 27 heavy (non-hydrogen) atoms. The lowest BCUT2D eigenvalue weighted by atomic mass is 10.5. The smallest absolute Gasteiger partial charge is 0.306 e. The van der Waals surface area contributed by atoms with Crippen molar-refractivity contribution in [1.29, 1.82) is 0 Å². The topological polar surface area (TPSA) is 116 Å². The summed E-state index contributed by atoms with van der Waals surface area (Å²) in [5.74, 6) is -0.457. The maximum absolute atomic E-state index is 13.0. The van der Waals surface area contributed by atoms with Crippen LogP contribution in [0.15, 0.2) is 0 Å². The average molecular weight is 513 g/mol. The highest BCUT2D eigenvalue weighted by Gasteiger charge is 2.32. The number of hydrogen-bond acceptors (Lipinski definition) is 7. The highest BCUT2D eigenvalue weighted by Crippen LogP contribution is 2.56. The third kappa shape index (κ3) is 12.6. The van der Waals surface area contributed by atoms with Crippen molar-refractivity contribution in [2.45, 2.75) is 27.2 Å². The number of carbonyl (C=O) groups excluding carboxylic acids is 1.